The van der Waals surface area contributed by atoms with E-state index in [1.54, 1.807) is 33.5 Å². The molecule has 1 fully saturated rings. The molecule has 0 aliphatic carbocycles. The van der Waals surface area contributed by atoms with Crippen LogP contribution in [0.2, 0.25) is 0 Å². The standard InChI is InChI=1S/C25H31FN4O3S2/c1-18-8-4-5-17-30(18)35(32,33)20-13-11-19(12-14-20)24(31)29(16-7-15-28(2)3)25-27-23-21(26)9-6-10-22(23)34-25/h6,9-14,18H,4-5,7-8,15-17H2,1-3H3. The Hall–Kier alpha value is -2.40. The minimum atomic E-state index is -3.62. The number of carbonyl (C=O) groups is 1. The van der Waals surface area contributed by atoms with Crippen LogP contribution in [0.5, 0.6) is 0 Å². The molecule has 3 aromatic rings. The first-order valence-corrected chi connectivity index (χ1v) is 14.1. The fourth-order valence-electron chi connectivity index (χ4n) is 4.34. The number of nitrogens with zero attached hydrogens (tertiary/aromatic N) is 4. The summed E-state index contributed by atoms with van der Waals surface area (Å²) in [7, 11) is 0.299. The molecule has 0 saturated carbocycles. The number of halogens is 1. The van der Waals surface area contributed by atoms with E-state index >= 15 is 0 Å². The van der Waals surface area contributed by atoms with Crippen LogP contribution in [-0.4, -0.2) is 68.3 Å². The molecule has 0 radical (unpaired) electrons. The molecule has 4 rings (SSSR count). The van der Waals surface area contributed by atoms with E-state index in [4.69, 9.17) is 0 Å². The van der Waals surface area contributed by atoms with E-state index in [1.807, 2.05) is 25.9 Å². The number of para-hydroxylation sites is 1. The SMILES string of the molecule is CC1CCCCN1S(=O)(=O)c1ccc(C(=O)N(CCCN(C)C)c2nc3c(F)cccc3s2)cc1. The molecule has 1 aliphatic heterocycles. The van der Waals surface area contributed by atoms with Crippen LogP contribution < -0.4 is 4.90 Å². The van der Waals surface area contributed by atoms with Gasteiger partial charge in [-0.1, -0.05) is 23.8 Å². The molecule has 35 heavy (non-hydrogen) atoms. The highest BCUT2D eigenvalue weighted by Gasteiger charge is 2.31. The molecule has 1 unspecified atom stereocenters. The van der Waals surface area contributed by atoms with Crippen LogP contribution in [0.15, 0.2) is 47.4 Å². The highest BCUT2D eigenvalue weighted by molar-refractivity contribution is 7.89. The van der Waals surface area contributed by atoms with E-state index in [2.05, 4.69) is 4.98 Å². The molecule has 1 aromatic heterocycles. The molecule has 1 amide bonds. The normalized spacial score (nSPS) is 17.2. The third kappa shape index (κ3) is 5.55. The first kappa shape index (κ1) is 25.7. The van der Waals surface area contributed by atoms with Crippen molar-refractivity contribution < 1.29 is 17.6 Å². The van der Waals surface area contributed by atoms with E-state index in [-0.39, 0.29) is 22.4 Å². The van der Waals surface area contributed by atoms with Gasteiger partial charge in [0.1, 0.15) is 11.3 Å². The van der Waals surface area contributed by atoms with E-state index < -0.39 is 15.8 Å². The van der Waals surface area contributed by atoms with Gasteiger partial charge in [-0.15, -0.1) is 0 Å². The molecule has 0 bridgehead atoms. The fraction of sp³-hybridized carbons (Fsp3) is 0.440. The maximum Gasteiger partial charge on any atom is 0.260 e. The first-order chi connectivity index (χ1) is 16.7. The average Bonchev–Trinajstić information content (AvgIpc) is 3.27. The Labute approximate surface area is 210 Å². The lowest BCUT2D eigenvalue weighted by molar-refractivity contribution is 0.0986. The number of carbonyl (C=O) groups excluding carboxylic acids is 1. The van der Waals surface area contributed by atoms with Gasteiger partial charge in [-0.2, -0.15) is 4.31 Å². The number of hydrogen-bond donors (Lipinski definition) is 0. The van der Waals surface area contributed by atoms with E-state index in [1.165, 1.54) is 29.5 Å². The lowest BCUT2D eigenvalue weighted by Gasteiger charge is -2.32. The second-order valence-corrected chi connectivity index (χ2v) is 12.1. The van der Waals surface area contributed by atoms with E-state index in [0.29, 0.717) is 34.9 Å². The number of benzene rings is 2. The van der Waals surface area contributed by atoms with Crippen molar-refractivity contribution >= 4 is 42.6 Å². The largest absolute Gasteiger partial charge is 0.309 e. The number of fused-ring (bicyclic) bond motifs is 1. The van der Waals surface area contributed by atoms with Gasteiger partial charge >= 0.3 is 0 Å². The second kappa shape index (κ2) is 10.7. The van der Waals surface area contributed by atoms with Crippen molar-refractivity contribution in [2.24, 2.45) is 0 Å². The molecule has 10 heteroatoms. The molecule has 188 valence electrons. The summed E-state index contributed by atoms with van der Waals surface area (Å²) in [5, 5.41) is 0.424. The van der Waals surface area contributed by atoms with Crippen molar-refractivity contribution in [3.8, 4) is 0 Å². The van der Waals surface area contributed by atoms with Gasteiger partial charge in [0.15, 0.2) is 5.13 Å². The van der Waals surface area contributed by atoms with Gasteiger partial charge in [0.25, 0.3) is 5.91 Å². The predicted molar refractivity (Wildman–Crippen MR) is 138 cm³/mol. The Balaban J connectivity index is 1.61. The number of sulfonamides is 1. The first-order valence-electron chi connectivity index (χ1n) is 11.8. The third-order valence-electron chi connectivity index (χ3n) is 6.27. The van der Waals surface area contributed by atoms with Gasteiger partial charge < -0.3 is 4.90 Å². The number of hydrogen-bond acceptors (Lipinski definition) is 6. The number of thiazole rings is 1. The van der Waals surface area contributed by atoms with Crippen molar-refractivity contribution in [3.63, 3.8) is 0 Å². The summed E-state index contributed by atoms with van der Waals surface area (Å²) in [5.41, 5.74) is 0.607. The molecule has 0 N–H and O–H groups in total. The van der Waals surface area contributed by atoms with Crippen molar-refractivity contribution in [1.82, 2.24) is 14.2 Å². The summed E-state index contributed by atoms with van der Waals surface area (Å²) in [6, 6.07) is 10.8. The summed E-state index contributed by atoms with van der Waals surface area (Å²) < 4.78 is 42.8. The molecule has 1 saturated heterocycles. The summed E-state index contributed by atoms with van der Waals surface area (Å²) in [6.45, 7) is 3.62. The molecule has 0 spiro atoms. The van der Waals surface area contributed by atoms with Gasteiger partial charge in [-0.3, -0.25) is 9.69 Å². The monoisotopic (exact) mass is 518 g/mol. The van der Waals surface area contributed by atoms with Crippen molar-refractivity contribution in [3.05, 3.63) is 53.8 Å². The molecule has 1 atom stereocenters. The van der Waals surface area contributed by atoms with Crippen LogP contribution in [0.1, 0.15) is 43.0 Å². The number of anilines is 1. The van der Waals surface area contributed by atoms with Crippen LogP contribution in [0, 0.1) is 5.82 Å². The molecule has 7 nitrogen and oxygen atoms in total. The topological polar surface area (TPSA) is 73.8 Å². The van der Waals surface area contributed by atoms with Gasteiger partial charge in [-0.25, -0.2) is 17.8 Å². The Morgan fingerprint density at radius 1 is 1.14 bits per heavy atom. The molecule has 2 heterocycles. The van der Waals surface area contributed by atoms with E-state index in [9.17, 15) is 17.6 Å². The number of piperidine rings is 1. The van der Waals surface area contributed by atoms with Crippen LogP contribution in [-0.2, 0) is 10.0 Å². The van der Waals surface area contributed by atoms with Gasteiger partial charge in [-0.05, 0) is 83.2 Å². The molecular weight excluding hydrogens is 487 g/mol. The zero-order valence-corrected chi connectivity index (χ0v) is 21.9. The van der Waals surface area contributed by atoms with Crippen LogP contribution in [0.3, 0.4) is 0 Å². The van der Waals surface area contributed by atoms with Gasteiger partial charge in [0.2, 0.25) is 10.0 Å². The van der Waals surface area contributed by atoms with Crippen LogP contribution >= 0.6 is 11.3 Å². The highest BCUT2D eigenvalue weighted by Crippen LogP contribution is 2.32. The Morgan fingerprint density at radius 2 is 1.89 bits per heavy atom. The zero-order chi connectivity index (χ0) is 25.2. The Morgan fingerprint density at radius 3 is 2.54 bits per heavy atom. The summed E-state index contributed by atoms with van der Waals surface area (Å²) in [5.74, 6) is -0.717. The number of aromatic nitrogens is 1. The Kier molecular flexibility index (Phi) is 7.85. The summed E-state index contributed by atoms with van der Waals surface area (Å²) >= 11 is 1.27. The van der Waals surface area contributed by atoms with Crippen LogP contribution in [0.25, 0.3) is 10.2 Å². The average molecular weight is 519 g/mol. The number of amides is 1. The minimum Gasteiger partial charge on any atom is -0.309 e. The third-order valence-corrected chi connectivity index (χ3v) is 9.34. The highest BCUT2D eigenvalue weighted by atomic mass is 32.2. The maximum absolute atomic E-state index is 14.3. The van der Waals surface area contributed by atoms with E-state index in [0.717, 1.165) is 25.8 Å². The fourth-order valence-corrected chi connectivity index (χ4v) is 7.04. The zero-order valence-electron chi connectivity index (χ0n) is 20.3. The summed E-state index contributed by atoms with van der Waals surface area (Å²) in [6.07, 6.45) is 3.43. The predicted octanol–water partition coefficient (Wildman–Crippen LogP) is 4.60. The summed E-state index contributed by atoms with van der Waals surface area (Å²) in [4.78, 5) is 21.7. The molecule has 1 aliphatic rings. The minimum absolute atomic E-state index is 0.0401. The lowest BCUT2D eigenvalue weighted by atomic mass is 10.1. The maximum atomic E-state index is 14.3. The molecular formula is C25H31FN4O3S2. The van der Waals surface area contributed by atoms with Crippen molar-refractivity contribution in [2.45, 2.75) is 43.5 Å². The lowest BCUT2D eigenvalue weighted by Crippen LogP contribution is -2.41. The van der Waals surface area contributed by atoms with Gasteiger partial charge in [0, 0.05) is 24.7 Å². The second-order valence-electron chi connectivity index (χ2n) is 9.18. The smallest absolute Gasteiger partial charge is 0.260 e. The van der Waals surface area contributed by atoms with Crippen molar-refractivity contribution in [1.29, 1.82) is 0 Å². The van der Waals surface area contributed by atoms with Crippen molar-refractivity contribution in [2.75, 3.05) is 38.6 Å². The number of rotatable bonds is 8. The Bertz CT molecular complexity index is 1290. The van der Waals surface area contributed by atoms with Gasteiger partial charge in [0.05, 0.1) is 9.60 Å². The quantitative estimate of drug-likeness (QED) is 0.436. The van der Waals surface area contributed by atoms with Crippen LogP contribution in [0.4, 0.5) is 9.52 Å². The molecule has 2 aromatic carbocycles.